The van der Waals surface area contributed by atoms with Gasteiger partial charge in [-0.15, -0.1) is 11.8 Å². The van der Waals surface area contributed by atoms with Crippen molar-refractivity contribution in [1.29, 1.82) is 0 Å². The molecular formula is C48H45NSSi. The van der Waals surface area contributed by atoms with Gasteiger partial charge >= 0.3 is 0 Å². The van der Waals surface area contributed by atoms with Gasteiger partial charge in [0.25, 0.3) is 0 Å². The molecule has 0 bridgehead atoms. The van der Waals surface area contributed by atoms with E-state index in [-0.39, 0.29) is 0 Å². The summed E-state index contributed by atoms with van der Waals surface area (Å²) in [4.78, 5) is 4.18. The Morgan fingerprint density at radius 2 is 1.57 bits per heavy atom. The number of nitrogens with zero attached hydrogens (tertiary/aromatic N) is 1. The number of hydrogen-bond acceptors (Lipinski definition) is 2. The van der Waals surface area contributed by atoms with Crippen molar-refractivity contribution >= 4 is 59.3 Å². The van der Waals surface area contributed by atoms with Crippen molar-refractivity contribution in [2.45, 2.75) is 63.3 Å². The molecule has 10 rings (SSSR count). The molecule has 2 aliphatic heterocycles. The molecule has 3 unspecified atom stereocenters. The number of allylic oxidation sites excluding steroid dienone is 10. The van der Waals surface area contributed by atoms with E-state index in [1.807, 2.05) is 0 Å². The van der Waals surface area contributed by atoms with Crippen LogP contribution in [0, 0.1) is 11.8 Å². The maximum atomic E-state index is 2.65. The van der Waals surface area contributed by atoms with E-state index in [0.29, 0.717) is 17.1 Å². The van der Waals surface area contributed by atoms with Crippen LogP contribution in [0.3, 0.4) is 0 Å². The van der Waals surface area contributed by atoms with Gasteiger partial charge in [0.05, 0.1) is 0 Å². The number of rotatable bonds is 5. The van der Waals surface area contributed by atoms with Crippen molar-refractivity contribution in [3.05, 3.63) is 160 Å². The number of benzene rings is 4. The Bertz CT molecular complexity index is 2260. The highest BCUT2D eigenvalue weighted by molar-refractivity contribution is 8.04. The fourth-order valence-electron chi connectivity index (χ4n) is 9.81. The fraction of sp³-hybridized carbons (Fsp3) is 0.250. The van der Waals surface area contributed by atoms with Crippen molar-refractivity contribution < 1.29 is 0 Å². The van der Waals surface area contributed by atoms with Crippen molar-refractivity contribution in [3.8, 4) is 11.1 Å². The lowest BCUT2D eigenvalue weighted by atomic mass is 9.80. The first-order valence-corrected chi connectivity index (χ1v) is 23.0. The monoisotopic (exact) mass is 695 g/mol. The van der Waals surface area contributed by atoms with E-state index < -0.39 is 8.07 Å². The zero-order valence-electron chi connectivity index (χ0n) is 29.7. The van der Waals surface area contributed by atoms with Gasteiger partial charge in [0.15, 0.2) is 0 Å². The summed E-state index contributed by atoms with van der Waals surface area (Å²) < 4.78 is 0. The second kappa shape index (κ2) is 12.4. The van der Waals surface area contributed by atoms with Gasteiger partial charge in [-0.2, -0.15) is 0 Å². The Hall–Kier alpha value is -4.31. The van der Waals surface area contributed by atoms with E-state index in [2.05, 4.69) is 163 Å². The van der Waals surface area contributed by atoms with Crippen molar-refractivity contribution in [2.24, 2.45) is 11.8 Å². The first-order valence-electron chi connectivity index (χ1n) is 19.1. The molecule has 1 fully saturated rings. The predicted molar refractivity (Wildman–Crippen MR) is 224 cm³/mol. The first kappa shape index (κ1) is 31.4. The van der Waals surface area contributed by atoms with E-state index in [0.717, 1.165) is 12.8 Å². The SMILES string of the molecule is C[Si]1(C)C2=CCC3C(=C2c2ccc(N(c4ccc(C5=CCCCC5)cc4)c4cccc(-c5cccc6c5CCC=C6)c4)cc21)SC1C=CC=CC13. The van der Waals surface area contributed by atoms with Gasteiger partial charge < -0.3 is 4.90 Å². The number of hydrogen-bond donors (Lipinski definition) is 0. The van der Waals surface area contributed by atoms with Crippen LogP contribution in [0.5, 0.6) is 0 Å². The predicted octanol–water partition coefficient (Wildman–Crippen LogP) is 12.7. The molecule has 0 radical (unpaired) electrons. The molecule has 4 aliphatic carbocycles. The van der Waals surface area contributed by atoms with Crippen LogP contribution in [0.15, 0.2) is 138 Å². The highest BCUT2D eigenvalue weighted by Crippen LogP contribution is 2.58. The average Bonchev–Trinajstić information content (AvgIpc) is 3.67. The van der Waals surface area contributed by atoms with Crippen LogP contribution in [0.2, 0.25) is 13.1 Å². The molecule has 1 saturated heterocycles. The fourth-order valence-corrected chi connectivity index (χ4v) is 14.8. The molecule has 0 amide bonds. The number of anilines is 3. The van der Waals surface area contributed by atoms with Gasteiger partial charge in [-0.25, -0.2) is 0 Å². The van der Waals surface area contributed by atoms with Gasteiger partial charge in [0, 0.05) is 34.1 Å². The number of thioether (sulfide) groups is 1. The van der Waals surface area contributed by atoms with Crippen LogP contribution in [-0.2, 0) is 6.42 Å². The maximum Gasteiger partial charge on any atom is 0.113 e. The summed E-state index contributed by atoms with van der Waals surface area (Å²) in [7, 11) is -1.91. The van der Waals surface area contributed by atoms with Crippen LogP contribution >= 0.6 is 11.8 Å². The zero-order valence-corrected chi connectivity index (χ0v) is 31.6. The molecule has 4 aromatic carbocycles. The largest absolute Gasteiger partial charge is 0.310 e. The van der Waals surface area contributed by atoms with Crippen LogP contribution < -0.4 is 10.1 Å². The molecule has 51 heavy (non-hydrogen) atoms. The van der Waals surface area contributed by atoms with Crippen LogP contribution in [0.1, 0.15) is 60.8 Å². The third-order valence-corrected chi connectivity index (χ3v) is 17.5. The molecule has 3 atom stereocenters. The lowest BCUT2D eigenvalue weighted by Gasteiger charge is -2.28. The van der Waals surface area contributed by atoms with Crippen molar-refractivity contribution in [3.63, 3.8) is 0 Å². The zero-order chi connectivity index (χ0) is 34.1. The van der Waals surface area contributed by atoms with E-state index in [1.54, 1.807) is 20.9 Å². The Kier molecular flexibility index (Phi) is 7.66. The quantitative estimate of drug-likeness (QED) is 0.191. The summed E-state index contributed by atoms with van der Waals surface area (Å²) >= 11 is 2.15. The molecule has 3 heteroatoms. The maximum absolute atomic E-state index is 2.65. The third-order valence-electron chi connectivity index (χ3n) is 12.4. The topological polar surface area (TPSA) is 3.24 Å². The lowest BCUT2D eigenvalue weighted by Crippen LogP contribution is -2.40. The highest BCUT2D eigenvalue weighted by Gasteiger charge is 2.48. The molecule has 2 heterocycles. The number of fused-ring (bicyclic) bond motifs is 7. The summed E-state index contributed by atoms with van der Waals surface area (Å²) in [5.41, 5.74) is 15.1. The van der Waals surface area contributed by atoms with Crippen molar-refractivity contribution in [1.82, 2.24) is 0 Å². The highest BCUT2D eigenvalue weighted by atomic mass is 32.2. The van der Waals surface area contributed by atoms with Crippen LogP contribution in [0.4, 0.5) is 17.1 Å². The minimum atomic E-state index is -1.91. The molecule has 4 aromatic rings. The second-order valence-electron chi connectivity index (χ2n) is 15.7. The smallest absolute Gasteiger partial charge is 0.113 e. The van der Waals surface area contributed by atoms with E-state index in [1.165, 1.54) is 88.1 Å². The Labute approximate surface area is 308 Å². The van der Waals surface area contributed by atoms with Crippen LogP contribution in [-0.4, -0.2) is 13.3 Å². The average molecular weight is 696 g/mol. The lowest BCUT2D eigenvalue weighted by molar-refractivity contribution is 0.501. The summed E-state index contributed by atoms with van der Waals surface area (Å²) in [6.07, 6.45) is 27.5. The molecule has 252 valence electrons. The standard InChI is InChI=1S/C48H45NSSi/c1-51(2)45-29-28-42-41-19-8-9-21-44(41)50-48(42)47(45)43-27-26-38(31-46(43)51)49(36-24-22-33(23-25-36)32-12-4-3-5-13-32)37-17-10-16-35(30-37)40-20-11-15-34-14-6-7-18-39(34)40/h6,8-12,14-17,19-27,29-31,41-42,44H,3-5,7,13,18,28H2,1-2H3. The normalized spacial score (nSPS) is 23.5. The molecule has 0 aromatic heterocycles. The molecule has 0 saturated carbocycles. The van der Waals surface area contributed by atoms with Gasteiger partial charge in [-0.3, -0.25) is 0 Å². The second-order valence-corrected chi connectivity index (χ2v) is 21.3. The van der Waals surface area contributed by atoms with Gasteiger partial charge in [0.1, 0.15) is 8.07 Å². The molecule has 0 spiro atoms. The summed E-state index contributed by atoms with van der Waals surface area (Å²) in [6, 6.07) is 33.0. The molecule has 0 N–H and O–H groups in total. The Morgan fingerprint density at radius 3 is 2.45 bits per heavy atom. The third kappa shape index (κ3) is 5.18. The minimum absolute atomic E-state index is 0.574. The van der Waals surface area contributed by atoms with Gasteiger partial charge in [0.2, 0.25) is 0 Å². The molecular weight excluding hydrogens is 651 g/mol. The summed E-state index contributed by atoms with van der Waals surface area (Å²) in [6.45, 7) is 5.18. The van der Waals surface area contributed by atoms with E-state index in [9.17, 15) is 0 Å². The molecule has 1 nitrogen and oxygen atoms in total. The van der Waals surface area contributed by atoms with E-state index in [4.69, 9.17) is 0 Å². The van der Waals surface area contributed by atoms with Crippen molar-refractivity contribution in [2.75, 3.05) is 4.90 Å². The van der Waals surface area contributed by atoms with Crippen LogP contribution in [0.25, 0.3) is 28.3 Å². The summed E-state index contributed by atoms with van der Waals surface area (Å²) in [5, 5.41) is 3.83. The molecule has 6 aliphatic rings. The summed E-state index contributed by atoms with van der Waals surface area (Å²) in [5.74, 6) is 1.24. The van der Waals surface area contributed by atoms with E-state index >= 15 is 0 Å². The Morgan fingerprint density at radius 1 is 0.725 bits per heavy atom. The minimum Gasteiger partial charge on any atom is -0.310 e. The van der Waals surface area contributed by atoms with Gasteiger partial charge in [-0.05, 0) is 141 Å². The Balaban J connectivity index is 1.11. The van der Waals surface area contributed by atoms with Gasteiger partial charge in [-0.1, -0.05) is 110 Å². The first-order chi connectivity index (χ1) is 25.0.